The van der Waals surface area contributed by atoms with Gasteiger partial charge in [-0.05, 0) is 36.3 Å². The number of nitrogens with zero attached hydrogens (tertiary/aromatic N) is 3. The summed E-state index contributed by atoms with van der Waals surface area (Å²) >= 11 is 1.57. The number of aromatic nitrogens is 3. The van der Waals surface area contributed by atoms with Crippen molar-refractivity contribution in [3.8, 4) is 0 Å². The molecule has 24 heavy (non-hydrogen) atoms. The zero-order chi connectivity index (χ0) is 16.7. The third-order valence-corrected chi connectivity index (χ3v) is 5.88. The van der Waals surface area contributed by atoms with Crippen molar-refractivity contribution in [1.82, 2.24) is 19.5 Å². The summed E-state index contributed by atoms with van der Waals surface area (Å²) in [5.74, 6) is 0.355. The third kappa shape index (κ3) is 2.62. The summed E-state index contributed by atoms with van der Waals surface area (Å²) < 4.78 is 3.04. The van der Waals surface area contributed by atoms with Crippen LogP contribution in [-0.4, -0.2) is 26.1 Å². The van der Waals surface area contributed by atoms with Gasteiger partial charge >= 0.3 is 0 Å². The summed E-state index contributed by atoms with van der Waals surface area (Å²) in [5.41, 5.74) is 0.332. The Hall–Kier alpha value is -2.15. The minimum Gasteiger partial charge on any atom is -0.351 e. The number of fused-ring (bicyclic) bond motifs is 3. The van der Waals surface area contributed by atoms with Crippen LogP contribution in [0.15, 0.2) is 28.6 Å². The van der Waals surface area contributed by atoms with E-state index in [1.54, 1.807) is 22.1 Å². The normalized spacial score (nSPS) is 21.4. The average molecular weight is 344 g/mol. The Balaban J connectivity index is 1.56. The Labute approximate surface area is 143 Å². The molecule has 0 unspecified atom stereocenters. The zero-order valence-electron chi connectivity index (χ0n) is 13.6. The average Bonchev–Trinajstić information content (AvgIpc) is 3.14. The fraction of sp³-hybridized carbons (Fsp3) is 0.471. The van der Waals surface area contributed by atoms with Crippen LogP contribution in [0.2, 0.25) is 0 Å². The van der Waals surface area contributed by atoms with Crippen LogP contribution in [0.5, 0.6) is 0 Å². The molecule has 3 heterocycles. The quantitative estimate of drug-likeness (QED) is 0.793. The van der Waals surface area contributed by atoms with E-state index in [1.165, 1.54) is 11.1 Å². The van der Waals surface area contributed by atoms with E-state index < -0.39 is 0 Å². The van der Waals surface area contributed by atoms with Crippen LogP contribution in [0.4, 0.5) is 0 Å². The summed E-state index contributed by atoms with van der Waals surface area (Å²) in [4.78, 5) is 25.9. The molecule has 1 aliphatic carbocycles. The second-order valence-electron chi connectivity index (χ2n) is 6.61. The molecule has 1 fully saturated rings. The molecule has 0 saturated heterocycles. The van der Waals surface area contributed by atoms with E-state index in [9.17, 15) is 9.59 Å². The molecule has 0 aliphatic heterocycles. The monoisotopic (exact) mass is 344 g/mol. The summed E-state index contributed by atoms with van der Waals surface area (Å²) in [6.07, 6.45) is 6.17. The molecule has 1 aliphatic rings. The van der Waals surface area contributed by atoms with E-state index in [4.69, 9.17) is 0 Å². The van der Waals surface area contributed by atoms with Crippen molar-refractivity contribution >= 4 is 33.0 Å². The fourth-order valence-electron chi connectivity index (χ4n) is 3.55. The largest absolute Gasteiger partial charge is 0.351 e. The van der Waals surface area contributed by atoms with Gasteiger partial charge in [0, 0.05) is 11.4 Å². The van der Waals surface area contributed by atoms with Crippen molar-refractivity contribution in [2.75, 3.05) is 0 Å². The molecule has 0 spiro atoms. The second kappa shape index (κ2) is 6.05. The van der Waals surface area contributed by atoms with Gasteiger partial charge in [-0.1, -0.05) is 19.8 Å². The number of rotatable bonds is 3. The van der Waals surface area contributed by atoms with Gasteiger partial charge in [0.15, 0.2) is 0 Å². The molecule has 2 atom stereocenters. The van der Waals surface area contributed by atoms with E-state index in [0.29, 0.717) is 11.4 Å². The molecule has 6 nitrogen and oxygen atoms in total. The molecule has 1 amide bonds. The first kappa shape index (κ1) is 15.4. The molecule has 0 bridgehead atoms. The van der Waals surface area contributed by atoms with Gasteiger partial charge in [-0.15, -0.1) is 11.3 Å². The van der Waals surface area contributed by atoms with E-state index in [-0.39, 0.29) is 24.1 Å². The van der Waals surface area contributed by atoms with Crippen molar-refractivity contribution in [2.45, 2.75) is 45.2 Å². The van der Waals surface area contributed by atoms with Gasteiger partial charge in [0.2, 0.25) is 5.91 Å². The summed E-state index contributed by atoms with van der Waals surface area (Å²) in [6, 6.07) is 4.05. The first-order valence-electron chi connectivity index (χ1n) is 8.37. The topological polar surface area (TPSA) is 68.4 Å². The van der Waals surface area contributed by atoms with Gasteiger partial charge < -0.3 is 5.32 Å². The molecule has 1 N–H and O–H groups in total. The van der Waals surface area contributed by atoms with Gasteiger partial charge in [0.25, 0.3) is 5.56 Å². The van der Waals surface area contributed by atoms with Crippen LogP contribution in [0, 0.1) is 5.92 Å². The maximum absolute atomic E-state index is 12.6. The standard InChI is InChI=1S/C17H20N4O2S/c1-11-4-2-3-5-13(11)19-15(22)9-21-16(23)14-8-12-6-7-24-17(12)20(14)10-18-21/h6-8,10-11,13H,2-5,9H2,1H3,(H,19,22)/t11-,13+/m0/s1. The SMILES string of the molecule is C[C@H]1CCCC[C@H]1NC(=O)Cn1ncn2c(cc3ccsc32)c1=O. The molecule has 0 aromatic carbocycles. The van der Waals surface area contributed by atoms with Gasteiger partial charge in [-0.2, -0.15) is 5.10 Å². The minimum absolute atomic E-state index is 0.0304. The van der Waals surface area contributed by atoms with Crippen LogP contribution < -0.4 is 10.9 Å². The van der Waals surface area contributed by atoms with Crippen molar-refractivity contribution in [3.05, 3.63) is 34.2 Å². The van der Waals surface area contributed by atoms with E-state index >= 15 is 0 Å². The number of thiophene rings is 1. The number of nitrogens with one attached hydrogen (secondary N) is 1. The lowest BCUT2D eigenvalue weighted by Gasteiger charge is -2.29. The van der Waals surface area contributed by atoms with Crippen LogP contribution >= 0.6 is 11.3 Å². The number of carbonyl (C=O) groups is 1. The Kier molecular flexibility index (Phi) is 3.88. The van der Waals surface area contributed by atoms with E-state index in [1.807, 2.05) is 17.5 Å². The van der Waals surface area contributed by atoms with Crippen molar-refractivity contribution in [3.63, 3.8) is 0 Å². The van der Waals surface area contributed by atoms with Gasteiger partial charge in [-0.3, -0.25) is 14.0 Å². The minimum atomic E-state index is -0.229. The lowest BCUT2D eigenvalue weighted by molar-refractivity contribution is -0.123. The molecular weight excluding hydrogens is 324 g/mol. The molecule has 3 aromatic rings. The Morgan fingerprint density at radius 2 is 2.25 bits per heavy atom. The van der Waals surface area contributed by atoms with Crippen molar-refractivity contribution in [2.24, 2.45) is 5.92 Å². The molecule has 126 valence electrons. The molecule has 3 aromatic heterocycles. The first-order valence-corrected chi connectivity index (χ1v) is 9.25. The van der Waals surface area contributed by atoms with Gasteiger partial charge in [0.05, 0.1) is 0 Å². The van der Waals surface area contributed by atoms with Crippen LogP contribution in [0.25, 0.3) is 15.7 Å². The summed E-state index contributed by atoms with van der Waals surface area (Å²) in [6.45, 7) is 2.14. The van der Waals surface area contributed by atoms with Gasteiger partial charge in [0.1, 0.15) is 23.2 Å². The van der Waals surface area contributed by atoms with E-state index in [2.05, 4.69) is 17.3 Å². The van der Waals surface area contributed by atoms with E-state index in [0.717, 1.165) is 29.5 Å². The fourth-order valence-corrected chi connectivity index (χ4v) is 4.42. The molecular formula is C17H20N4O2S. The predicted octanol–water partition coefficient (Wildman–Crippen LogP) is 2.41. The third-order valence-electron chi connectivity index (χ3n) is 4.96. The zero-order valence-corrected chi connectivity index (χ0v) is 14.4. The highest BCUT2D eigenvalue weighted by atomic mass is 32.1. The lowest BCUT2D eigenvalue weighted by Crippen LogP contribution is -2.43. The first-order chi connectivity index (χ1) is 11.6. The number of hydrogen-bond donors (Lipinski definition) is 1. The van der Waals surface area contributed by atoms with Gasteiger partial charge in [-0.25, -0.2) is 4.68 Å². The maximum atomic E-state index is 12.6. The molecule has 0 radical (unpaired) electrons. The lowest BCUT2D eigenvalue weighted by atomic mass is 9.86. The Morgan fingerprint density at radius 1 is 1.42 bits per heavy atom. The predicted molar refractivity (Wildman–Crippen MR) is 94.4 cm³/mol. The highest BCUT2D eigenvalue weighted by Crippen LogP contribution is 2.24. The summed E-state index contributed by atoms with van der Waals surface area (Å²) in [7, 11) is 0. The highest BCUT2D eigenvalue weighted by Gasteiger charge is 2.23. The molecule has 1 saturated carbocycles. The molecule has 7 heteroatoms. The number of hydrogen-bond acceptors (Lipinski definition) is 4. The maximum Gasteiger partial charge on any atom is 0.291 e. The van der Waals surface area contributed by atoms with Crippen molar-refractivity contribution < 1.29 is 4.79 Å². The number of carbonyl (C=O) groups excluding carboxylic acids is 1. The number of amides is 1. The van der Waals surface area contributed by atoms with Crippen LogP contribution in [0.1, 0.15) is 32.6 Å². The van der Waals surface area contributed by atoms with Crippen LogP contribution in [-0.2, 0) is 11.3 Å². The second-order valence-corrected chi connectivity index (χ2v) is 7.50. The Morgan fingerprint density at radius 3 is 3.08 bits per heavy atom. The summed E-state index contributed by atoms with van der Waals surface area (Å²) in [5, 5.41) is 10.3. The smallest absolute Gasteiger partial charge is 0.291 e. The van der Waals surface area contributed by atoms with Crippen LogP contribution in [0.3, 0.4) is 0 Å². The Bertz CT molecular complexity index is 954. The van der Waals surface area contributed by atoms with Crippen molar-refractivity contribution in [1.29, 1.82) is 0 Å². The highest BCUT2D eigenvalue weighted by molar-refractivity contribution is 7.16. The molecule has 4 rings (SSSR count).